The van der Waals surface area contributed by atoms with Gasteiger partial charge in [-0.2, -0.15) is 0 Å². The second-order valence-electron chi connectivity index (χ2n) is 5.22. The molecule has 5 nitrogen and oxygen atoms in total. The van der Waals surface area contributed by atoms with Gasteiger partial charge in [0.05, 0.1) is 5.56 Å². The van der Waals surface area contributed by atoms with Gasteiger partial charge in [-0.3, -0.25) is 4.79 Å². The first-order chi connectivity index (χ1) is 8.84. The molecule has 0 bridgehead atoms. The van der Waals surface area contributed by atoms with E-state index in [1.165, 1.54) is 0 Å². The summed E-state index contributed by atoms with van der Waals surface area (Å²) in [6.45, 7) is 8.25. The maximum absolute atomic E-state index is 12.0. The summed E-state index contributed by atoms with van der Waals surface area (Å²) >= 11 is 0. The minimum atomic E-state index is -1.04. The third-order valence-corrected chi connectivity index (χ3v) is 3.12. The smallest absolute Gasteiger partial charge is 0.352 e. The molecule has 0 unspecified atom stereocenters. The van der Waals surface area contributed by atoms with Gasteiger partial charge in [0.2, 0.25) is 0 Å². The maximum Gasteiger partial charge on any atom is 0.352 e. The number of aromatic nitrogens is 1. The van der Waals surface area contributed by atoms with Crippen molar-refractivity contribution in [1.82, 2.24) is 10.3 Å². The summed E-state index contributed by atoms with van der Waals surface area (Å²) in [6, 6.07) is 0. The number of hydrogen-bond acceptors (Lipinski definition) is 2. The molecular formula is C14H22N2O3. The zero-order valence-electron chi connectivity index (χ0n) is 12.0. The van der Waals surface area contributed by atoms with Crippen LogP contribution in [0.1, 0.15) is 58.8 Å². The van der Waals surface area contributed by atoms with Gasteiger partial charge in [-0.25, -0.2) is 4.79 Å². The summed E-state index contributed by atoms with van der Waals surface area (Å²) in [7, 11) is 0. The van der Waals surface area contributed by atoms with Gasteiger partial charge in [-0.05, 0) is 38.2 Å². The highest BCUT2D eigenvalue weighted by Gasteiger charge is 2.21. The Kier molecular flexibility index (Phi) is 5.15. The predicted molar refractivity (Wildman–Crippen MR) is 73.6 cm³/mol. The van der Waals surface area contributed by atoms with Crippen LogP contribution in [0, 0.1) is 19.8 Å². The van der Waals surface area contributed by atoms with Crippen molar-refractivity contribution in [3.63, 3.8) is 0 Å². The van der Waals surface area contributed by atoms with Gasteiger partial charge in [0, 0.05) is 12.2 Å². The molecule has 0 aromatic carbocycles. The van der Waals surface area contributed by atoms with E-state index < -0.39 is 5.97 Å². The van der Waals surface area contributed by atoms with Crippen LogP contribution in [0.5, 0.6) is 0 Å². The number of carboxylic acids is 1. The lowest BCUT2D eigenvalue weighted by atomic mass is 10.1. The average molecular weight is 266 g/mol. The van der Waals surface area contributed by atoms with E-state index in [0.29, 0.717) is 29.3 Å². The van der Waals surface area contributed by atoms with Crippen LogP contribution in [0.25, 0.3) is 0 Å². The number of carbonyl (C=O) groups excluding carboxylic acids is 1. The van der Waals surface area contributed by atoms with Crippen LogP contribution in [0.4, 0.5) is 0 Å². The highest BCUT2D eigenvalue weighted by molar-refractivity contribution is 6.00. The largest absolute Gasteiger partial charge is 0.477 e. The summed E-state index contributed by atoms with van der Waals surface area (Å²) in [5, 5.41) is 11.8. The van der Waals surface area contributed by atoms with Gasteiger partial charge in [0.15, 0.2) is 0 Å². The number of carbonyl (C=O) groups is 2. The number of aryl methyl sites for hydroxylation is 1. The maximum atomic E-state index is 12.0. The molecule has 0 aliphatic carbocycles. The van der Waals surface area contributed by atoms with E-state index in [0.717, 1.165) is 12.8 Å². The van der Waals surface area contributed by atoms with Gasteiger partial charge in [-0.15, -0.1) is 0 Å². The number of nitrogens with one attached hydrogen (secondary N) is 2. The molecule has 0 radical (unpaired) electrons. The normalized spacial score (nSPS) is 10.8. The van der Waals surface area contributed by atoms with E-state index >= 15 is 0 Å². The lowest BCUT2D eigenvalue weighted by Gasteiger charge is -2.07. The minimum absolute atomic E-state index is 0.0878. The molecule has 1 aromatic rings. The quantitative estimate of drug-likeness (QED) is 0.692. The lowest BCUT2D eigenvalue weighted by molar-refractivity contribution is 0.0690. The van der Waals surface area contributed by atoms with E-state index in [9.17, 15) is 9.59 Å². The van der Waals surface area contributed by atoms with E-state index in [1.807, 2.05) is 0 Å². The summed E-state index contributed by atoms with van der Waals surface area (Å²) in [5.74, 6) is -0.631. The number of amides is 1. The van der Waals surface area contributed by atoms with Crippen molar-refractivity contribution >= 4 is 11.9 Å². The third-order valence-electron chi connectivity index (χ3n) is 3.12. The second-order valence-corrected chi connectivity index (χ2v) is 5.22. The van der Waals surface area contributed by atoms with Crippen LogP contribution >= 0.6 is 0 Å². The summed E-state index contributed by atoms with van der Waals surface area (Å²) < 4.78 is 0. The fourth-order valence-corrected chi connectivity index (χ4v) is 2.11. The van der Waals surface area contributed by atoms with Crippen molar-refractivity contribution in [1.29, 1.82) is 0 Å². The minimum Gasteiger partial charge on any atom is -0.477 e. The molecular weight excluding hydrogens is 244 g/mol. The lowest BCUT2D eigenvalue weighted by Crippen LogP contribution is -2.25. The molecule has 5 heteroatoms. The molecule has 1 amide bonds. The van der Waals surface area contributed by atoms with Gasteiger partial charge in [0.25, 0.3) is 5.91 Å². The zero-order valence-corrected chi connectivity index (χ0v) is 12.0. The monoisotopic (exact) mass is 266 g/mol. The van der Waals surface area contributed by atoms with Crippen LogP contribution in [0.2, 0.25) is 0 Å². The van der Waals surface area contributed by atoms with Crippen molar-refractivity contribution in [2.45, 2.75) is 40.5 Å². The Morgan fingerprint density at radius 2 is 1.95 bits per heavy atom. The first-order valence-corrected chi connectivity index (χ1v) is 6.55. The Hall–Kier alpha value is -1.78. The van der Waals surface area contributed by atoms with E-state index in [2.05, 4.69) is 24.1 Å². The molecule has 0 aliphatic heterocycles. The van der Waals surface area contributed by atoms with Crippen LogP contribution < -0.4 is 5.32 Å². The Labute approximate surface area is 113 Å². The van der Waals surface area contributed by atoms with Crippen LogP contribution in [0.3, 0.4) is 0 Å². The molecule has 0 atom stereocenters. The molecule has 0 aliphatic rings. The summed E-state index contributed by atoms with van der Waals surface area (Å²) in [5.41, 5.74) is 1.62. The van der Waals surface area contributed by atoms with Crippen LogP contribution in [0.15, 0.2) is 0 Å². The predicted octanol–water partition coefficient (Wildman–Crippen LogP) is 2.50. The summed E-state index contributed by atoms with van der Waals surface area (Å²) in [6.07, 6.45) is 1.99. The number of carboxylic acid groups (broad SMARTS) is 1. The number of rotatable bonds is 6. The molecule has 3 N–H and O–H groups in total. The fourth-order valence-electron chi connectivity index (χ4n) is 2.11. The van der Waals surface area contributed by atoms with E-state index in [1.54, 1.807) is 13.8 Å². The molecule has 0 saturated carbocycles. The second kappa shape index (κ2) is 6.41. The molecule has 0 spiro atoms. The van der Waals surface area contributed by atoms with Crippen molar-refractivity contribution in [2.24, 2.45) is 5.92 Å². The Morgan fingerprint density at radius 1 is 1.32 bits per heavy atom. The number of aromatic amines is 1. The van der Waals surface area contributed by atoms with Gasteiger partial charge >= 0.3 is 5.97 Å². The van der Waals surface area contributed by atoms with Crippen LogP contribution in [-0.2, 0) is 0 Å². The first-order valence-electron chi connectivity index (χ1n) is 6.55. The van der Waals surface area contributed by atoms with Crippen molar-refractivity contribution in [3.8, 4) is 0 Å². The molecule has 0 fully saturated rings. The average Bonchev–Trinajstić information content (AvgIpc) is 2.60. The Bertz CT molecular complexity index is 475. The topological polar surface area (TPSA) is 82.2 Å². The zero-order chi connectivity index (χ0) is 14.6. The highest BCUT2D eigenvalue weighted by atomic mass is 16.4. The highest BCUT2D eigenvalue weighted by Crippen LogP contribution is 2.17. The van der Waals surface area contributed by atoms with Gasteiger partial charge in [-0.1, -0.05) is 13.8 Å². The molecule has 1 aromatic heterocycles. The first kappa shape index (κ1) is 15.3. The molecule has 1 heterocycles. The Morgan fingerprint density at radius 3 is 2.42 bits per heavy atom. The van der Waals surface area contributed by atoms with Gasteiger partial charge < -0.3 is 15.4 Å². The number of aromatic carboxylic acids is 1. The Balaban J connectivity index is 2.70. The van der Waals surface area contributed by atoms with E-state index in [4.69, 9.17) is 5.11 Å². The fraction of sp³-hybridized carbons (Fsp3) is 0.571. The molecule has 19 heavy (non-hydrogen) atoms. The van der Waals surface area contributed by atoms with E-state index in [-0.39, 0.29) is 11.6 Å². The molecule has 1 rings (SSSR count). The van der Waals surface area contributed by atoms with Crippen molar-refractivity contribution < 1.29 is 14.7 Å². The SMILES string of the molecule is Cc1[nH]c(C(=O)O)c(C)c1C(=O)NCCCC(C)C. The van der Waals surface area contributed by atoms with Gasteiger partial charge in [0.1, 0.15) is 5.69 Å². The molecule has 106 valence electrons. The van der Waals surface area contributed by atoms with Crippen LogP contribution in [-0.4, -0.2) is 28.5 Å². The van der Waals surface area contributed by atoms with Crippen molar-refractivity contribution in [3.05, 3.63) is 22.5 Å². The number of hydrogen-bond donors (Lipinski definition) is 3. The molecule has 0 saturated heterocycles. The number of H-pyrrole nitrogens is 1. The standard InChI is InChI=1S/C14H22N2O3/c1-8(2)6-5-7-15-13(17)11-9(3)12(14(18)19)16-10(11)4/h8,16H,5-7H2,1-4H3,(H,15,17)(H,18,19). The van der Waals surface area contributed by atoms with Crippen molar-refractivity contribution in [2.75, 3.05) is 6.54 Å². The summed E-state index contributed by atoms with van der Waals surface area (Å²) in [4.78, 5) is 25.8. The third kappa shape index (κ3) is 3.84.